The molecule has 0 saturated heterocycles. The third-order valence-corrected chi connectivity index (χ3v) is 3.23. The van der Waals surface area contributed by atoms with Crippen LogP contribution < -0.4 is 0 Å². The van der Waals surface area contributed by atoms with Gasteiger partial charge in [-0.15, -0.1) is 0 Å². The fraction of sp³-hybridized carbons (Fsp3) is 0.167. The molecule has 17 heavy (non-hydrogen) atoms. The number of hydrogen-bond donors (Lipinski definition) is 0. The molecular weight excluding hydrogens is 350 g/mol. The van der Waals surface area contributed by atoms with Crippen molar-refractivity contribution in [2.24, 2.45) is 0 Å². The molecular formula is C12H9Br2NO2. The van der Waals surface area contributed by atoms with E-state index in [4.69, 9.17) is 4.52 Å². The SMILES string of the molecule is Cc1onc(-c2ccc(Br)cc2)c1CC(=O)Br. The second kappa shape index (κ2) is 5.14. The maximum Gasteiger partial charge on any atom is 0.202 e. The molecule has 0 spiro atoms. The molecule has 0 atom stereocenters. The minimum atomic E-state index is -0.0813. The molecule has 0 aliphatic heterocycles. The van der Waals surface area contributed by atoms with E-state index in [-0.39, 0.29) is 11.1 Å². The zero-order valence-corrected chi connectivity index (χ0v) is 12.2. The first kappa shape index (κ1) is 12.5. The maximum atomic E-state index is 11.1. The van der Waals surface area contributed by atoms with E-state index in [1.807, 2.05) is 24.3 Å². The number of benzene rings is 1. The Balaban J connectivity index is 2.45. The summed E-state index contributed by atoms with van der Waals surface area (Å²) in [5.41, 5.74) is 2.49. The highest BCUT2D eigenvalue weighted by molar-refractivity contribution is 9.18. The second-order valence-electron chi connectivity index (χ2n) is 3.60. The van der Waals surface area contributed by atoms with Crippen LogP contribution in [-0.4, -0.2) is 9.85 Å². The molecule has 0 radical (unpaired) electrons. The lowest BCUT2D eigenvalue weighted by atomic mass is 10.0. The Morgan fingerprint density at radius 2 is 2.00 bits per heavy atom. The van der Waals surface area contributed by atoms with Crippen LogP contribution in [0.4, 0.5) is 0 Å². The molecule has 0 fully saturated rings. The molecule has 0 N–H and O–H groups in total. The Morgan fingerprint density at radius 1 is 1.35 bits per heavy atom. The zero-order chi connectivity index (χ0) is 12.4. The van der Waals surface area contributed by atoms with Crippen molar-refractivity contribution in [1.29, 1.82) is 0 Å². The molecule has 0 aliphatic carbocycles. The van der Waals surface area contributed by atoms with E-state index in [1.165, 1.54) is 0 Å². The van der Waals surface area contributed by atoms with Gasteiger partial charge in [0, 0.05) is 22.0 Å². The summed E-state index contributed by atoms with van der Waals surface area (Å²) in [6.45, 7) is 1.81. The normalized spacial score (nSPS) is 10.5. The van der Waals surface area contributed by atoms with Crippen LogP contribution in [0, 0.1) is 6.92 Å². The molecule has 1 aromatic carbocycles. The molecule has 3 nitrogen and oxygen atoms in total. The number of nitrogens with zero attached hydrogens (tertiary/aromatic N) is 1. The average Bonchev–Trinajstić information content (AvgIpc) is 2.61. The number of carbonyl (C=O) groups is 1. The van der Waals surface area contributed by atoms with Crippen molar-refractivity contribution in [2.75, 3.05) is 0 Å². The summed E-state index contributed by atoms with van der Waals surface area (Å²) < 4.78 is 6.06. The number of carbonyl (C=O) groups excluding carboxylic acids is 1. The lowest BCUT2D eigenvalue weighted by Crippen LogP contribution is -1.95. The number of aromatic nitrogens is 1. The summed E-state index contributed by atoms with van der Waals surface area (Å²) in [7, 11) is 0. The molecule has 1 heterocycles. The van der Waals surface area contributed by atoms with E-state index in [2.05, 4.69) is 37.0 Å². The molecule has 0 aliphatic rings. The van der Waals surface area contributed by atoms with Crippen LogP contribution >= 0.6 is 31.9 Å². The third-order valence-electron chi connectivity index (χ3n) is 2.42. The number of halogens is 2. The van der Waals surface area contributed by atoms with E-state index in [1.54, 1.807) is 6.92 Å². The predicted octanol–water partition coefficient (Wildman–Crippen LogP) is 3.88. The van der Waals surface area contributed by atoms with Crippen LogP contribution in [-0.2, 0) is 11.2 Å². The first-order valence-corrected chi connectivity index (χ1v) is 6.56. The van der Waals surface area contributed by atoms with E-state index >= 15 is 0 Å². The lowest BCUT2D eigenvalue weighted by molar-refractivity contribution is -0.109. The first-order chi connectivity index (χ1) is 8.08. The van der Waals surface area contributed by atoms with Crippen LogP contribution in [0.2, 0.25) is 0 Å². The molecule has 5 heteroatoms. The molecule has 2 rings (SSSR count). The van der Waals surface area contributed by atoms with Crippen molar-refractivity contribution in [3.05, 3.63) is 40.1 Å². The standard InChI is InChI=1S/C12H9Br2NO2/c1-7-10(6-11(14)16)12(15-17-7)8-2-4-9(13)5-3-8/h2-5H,6H2,1H3. The minimum absolute atomic E-state index is 0.0813. The molecule has 0 unspecified atom stereocenters. The lowest BCUT2D eigenvalue weighted by Gasteiger charge is -2.00. The van der Waals surface area contributed by atoms with Crippen LogP contribution in [0.3, 0.4) is 0 Å². The quantitative estimate of drug-likeness (QED) is 0.782. The topological polar surface area (TPSA) is 43.1 Å². The predicted molar refractivity (Wildman–Crippen MR) is 72.0 cm³/mol. The van der Waals surface area contributed by atoms with Gasteiger partial charge in [-0.1, -0.05) is 33.2 Å². The van der Waals surface area contributed by atoms with Gasteiger partial charge in [0.2, 0.25) is 4.69 Å². The summed E-state index contributed by atoms with van der Waals surface area (Å²) in [5.74, 6) is 0.677. The third kappa shape index (κ3) is 2.84. The van der Waals surface area contributed by atoms with Gasteiger partial charge in [0.1, 0.15) is 11.5 Å². The maximum absolute atomic E-state index is 11.1. The van der Waals surface area contributed by atoms with Gasteiger partial charge in [0.05, 0.1) is 0 Å². The van der Waals surface area contributed by atoms with Gasteiger partial charge in [-0.3, -0.25) is 4.79 Å². The van der Waals surface area contributed by atoms with Gasteiger partial charge in [0.15, 0.2) is 0 Å². The van der Waals surface area contributed by atoms with E-state index in [9.17, 15) is 4.79 Å². The Morgan fingerprint density at radius 3 is 2.59 bits per heavy atom. The van der Waals surface area contributed by atoms with Crippen LogP contribution in [0.25, 0.3) is 11.3 Å². The summed E-state index contributed by atoms with van der Waals surface area (Å²) in [6.07, 6.45) is 0.279. The summed E-state index contributed by atoms with van der Waals surface area (Å²) in [6, 6.07) is 7.73. The van der Waals surface area contributed by atoms with Gasteiger partial charge in [0.25, 0.3) is 0 Å². The number of aryl methyl sites for hydroxylation is 1. The highest BCUT2D eigenvalue weighted by Crippen LogP contribution is 2.27. The Hall–Kier alpha value is -0.940. The van der Waals surface area contributed by atoms with Gasteiger partial charge < -0.3 is 4.52 Å². The minimum Gasteiger partial charge on any atom is -0.361 e. The fourth-order valence-electron chi connectivity index (χ4n) is 1.57. The van der Waals surface area contributed by atoms with Gasteiger partial charge >= 0.3 is 0 Å². The van der Waals surface area contributed by atoms with Crippen molar-refractivity contribution in [2.45, 2.75) is 13.3 Å². The summed E-state index contributed by atoms with van der Waals surface area (Å²) in [4.78, 5) is 11.1. The largest absolute Gasteiger partial charge is 0.361 e. The fourth-order valence-corrected chi connectivity index (χ4v) is 2.12. The van der Waals surface area contributed by atoms with Gasteiger partial charge in [-0.25, -0.2) is 0 Å². The van der Waals surface area contributed by atoms with Crippen molar-refractivity contribution < 1.29 is 9.32 Å². The molecule has 2 aromatic rings. The van der Waals surface area contributed by atoms with Crippen LogP contribution in [0.1, 0.15) is 11.3 Å². The van der Waals surface area contributed by atoms with Crippen molar-refractivity contribution in [1.82, 2.24) is 5.16 Å². The smallest absolute Gasteiger partial charge is 0.202 e. The monoisotopic (exact) mass is 357 g/mol. The van der Waals surface area contributed by atoms with E-state index in [0.717, 1.165) is 21.3 Å². The highest BCUT2D eigenvalue weighted by atomic mass is 79.9. The van der Waals surface area contributed by atoms with Crippen molar-refractivity contribution >= 4 is 36.6 Å². The second-order valence-corrected chi connectivity index (χ2v) is 5.40. The Bertz CT molecular complexity index is 546. The average molecular weight is 359 g/mol. The highest BCUT2D eigenvalue weighted by Gasteiger charge is 2.16. The molecule has 1 aromatic heterocycles. The zero-order valence-electron chi connectivity index (χ0n) is 9.04. The first-order valence-electron chi connectivity index (χ1n) is 4.97. The molecule has 0 amide bonds. The molecule has 0 bridgehead atoms. The summed E-state index contributed by atoms with van der Waals surface area (Å²) in [5, 5.41) is 4.01. The number of rotatable bonds is 3. The van der Waals surface area contributed by atoms with Crippen molar-refractivity contribution in [3.8, 4) is 11.3 Å². The van der Waals surface area contributed by atoms with Gasteiger partial charge in [-0.2, -0.15) is 0 Å². The summed E-state index contributed by atoms with van der Waals surface area (Å²) >= 11 is 6.31. The van der Waals surface area contributed by atoms with Crippen molar-refractivity contribution in [3.63, 3.8) is 0 Å². The molecule has 0 saturated carbocycles. The number of hydrogen-bond acceptors (Lipinski definition) is 3. The Kier molecular flexibility index (Phi) is 3.79. The molecule has 88 valence electrons. The van der Waals surface area contributed by atoms with E-state index < -0.39 is 0 Å². The Labute approximate surface area is 115 Å². The van der Waals surface area contributed by atoms with Crippen LogP contribution in [0.5, 0.6) is 0 Å². The van der Waals surface area contributed by atoms with Gasteiger partial charge in [-0.05, 0) is 35.0 Å². The van der Waals surface area contributed by atoms with E-state index in [0.29, 0.717) is 5.76 Å². The van der Waals surface area contributed by atoms with Crippen LogP contribution in [0.15, 0.2) is 33.3 Å².